The van der Waals surface area contributed by atoms with Gasteiger partial charge in [-0.25, -0.2) is 9.59 Å². The summed E-state index contributed by atoms with van der Waals surface area (Å²) in [5.74, 6) is -1.32. The van der Waals surface area contributed by atoms with E-state index in [1.807, 2.05) is 41.5 Å². The molecule has 0 atom stereocenters. The van der Waals surface area contributed by atoms with Crippen molar-refractivity contribution in [2.75, 3.05) is 0 Å². The summed E-state index contributed by atoms with van der Waals surface area (Å²) in [6.07, 6.45) is 3.45. The topological polar surface area (TPSA) is 95.2 Å². The standard InChI is InChI=1S/C22H32N2O4/c1-8-9-10-15-14(4)19(21(27)28-22(5,6)7)24-17(15)11-16-12(2)13(3)18(23-16)20(25)26/h23-24H,8-11H2,1-7H3,(H,25,26). The number of nitrogens with one attached hydrogen (secondary N) is 2. The third-order valence-corrected chi connectivity index (χ3v) is 5.08. The zero-order valence-electron chi connectivity index (χ0n) is 18.0. The molecule has 0 unspecified atom stereocenters. The number of H-pyrrole nitrogens is 2. The highest BCUT2D eigenvalue weighted by atomic mass is 16.6. The number of unbranched alkanes of at least 4 members (excludes halogenated alkanes) is 1. The number of rotatable bonds is 7. The van der Waals surface area contributed by atoms with Crippen molar-refractivity contribution in [1.29, 1.82) is 0 Å². The third-order valence-electron chi connectivity index (χ3n) is 5.08. The van der Waals surface area contributed by atoms with E-state index in [1.54, 1.807) is 0 Å². The number of esters is 1. The Bertz CT molecular complexity index is 881. The zero-order chi connectivity index (χ0) is 21.2. The number of carbonyl (C=O) groups is 2. The van der Waals surface area contributed by atoms with E-state index in [2.05, 4.69) is 16.9 Å². The number of carbonyl (C=O) groups excluding carboxylic acids is 1. The summed E-state index contributed by atoms with van der Waals surface area (Å²) < 4.78 is 5.55. The fraction of sp³-hybridized carbons (Fsp3) is 0.545. The molecule has 2 aromatic rings. The maximum Gasteiger partial charge on any atom is 0.355 e. The number of aromatic nitrogens is 2. The molecule has 6 nitrogen and oxygen atoms in total. The quantitative estimate of drug-likeness (QED) is 0.591. The monoisotopic (exact) mass is 388 g/mol. The number of hydrogen-bond donors (Lipinski definition) is 3. The van der Waals surface area contributed by atoms with Crippen molar-refractivity contribution < 1.29 is 19.4 Å². The van der Waals surface area contributed by atoms with Gasteiger partial charge in [-0.2, -0.15) is 0 Å². The lowest BCUT2D eigenvalue weighted by molar-refractivity contribution is 0.00623. The average molecular weight is 389 g/mol. The summed E-state index contributed by atoms with van der Waals surface area (Å²) in [6.45, 7) is 13.3. The van der Waals surface area contributed by atoms with Gasteiger partial charge in [0.25, 0.3) is 0 Å². The molecule has 0 aliphatic carbocycles. The van der Waals surface area contributed by atoms with Crippen LogP contribution in [-0.4, -0.2) is 32.6 Å². The molecule has 28 heavy (non-hydrogen) atoms. The lowest BCUT2D eigenvalue weighted by atomic mass is 10.00. The molecule has 0 radical (unpaired) electrons. The molecule has 2 heterocycles. The van der Waals surface area contributed by atoms with Crippen LogP contribution in [0.25, 0.3) is 0 Å². The molecule has 0 fully saturated rings. The van der Waals surface area contributed by atoms with Gasteiger partial charge in [0.2, 0.25) is 0 Å². The molecule has 2 rings (SSSR count). The molecule has 3 N–H and O–H groups in total. The fourth-order valence-corrected chi connectivity index (χ4v) is 3.39. The molecule has 0 aliphatic rings. The third kappa shape index (κ3) is 4.66. The van der Waals surface area contributed by atoms with Gasteiger partial charge in [-0.3, -0.25) is 0 Å². The van der Waals surface area contributed by atoms with Gasteiger partial charge < -0.3 is 19.8 Å². The number of carboxylic acid groups (broad SMARTS) is 1. The molecule has 6 heteroatoms. The van der Waals surface area contributed by atoms with Crippen LogP contribution >= 0.6 is 0 Å². The Morgan fingerprint density at radius 1 is 0.964 bits per heavy atom. The van der Waals surface area contributed by atoms with Crippen LogP contribution in [0.2, 0.25) is 0 Å². The van der Waals surface area contributed by atoms with Crippen molar-refractivity contribution in [3.8, 4) is 0 Å². The Morgan fingerprint density at radius 3 is 2.07 bits per heavy atom. The molecular weight excluding hydrogens is 356 g/mol. The minimum absolute atomic E-state index is 0.221. The first-order valence-electron chi connectivity index (χ1n) is 9.81. The number of hydrogen-bond acceptors (Lipinski definition) is 3. The Kier molecular flexibility index (Phi) is 6.42. The number of carboxylic acids is 1. The van der Waals surface area contributed by atoms with E-state index in [0.29, 0.717) is 12.1 Å². The molecule has 0 aliphatic heterocycles. The zero-order valence-corrected chi connectivity index (χ0v) is 18.0. The fourth-order valence-electron chi connectivity index (χ4n) is 3.39. The van der Waals surface area contributed by atoms with Crippen LogP contribution in [-0.2, 0) is 17.6 Å². The van der Waals surface area contributed by atoms with E-state index in [1.165, 1.54) is 0 Å². The van der Waals surface area contributed by atoms with Crippen LogP contribution in [0.3, 0.4) is 0 Å². The lowest BCUT2D eigenvalue weighted by Gasteiger charge is -2.19. The minimum Gasteiger partial charge on any atom is -0.477 e. The first kappa shape index (κ1) is 21.8. The summed E-state index contributed by atoms with van der Waals surface area (Å²) in [5.41, 5.74) is 5.63. The Balaban J connectivity index is 2.45. The van der Waals surface area contributed by atoms with Crippen molar-refractivity contribution >= 4 is 11.9 Å². The molecule has 0 aromatic carbocycles. The minimum atomic E-state index is -0.963. The van der Waals surface area contributed by atoms with Crippen LogP contribution in [0, 0.1) is 20.8 Å². The number of aromatic amines is 2. The van der Waals surface area contributed by atoms with Crippen molar-refractivity contribution in [3.63, 3.8) is 0 Å². The van der Waals surface area contributed by atoms with Crippen LogP contribution in [0.15, 0.2) is 0 Å². The van der Waals surface area contributed by atoms with Gasteiger partial charge in [0.15, 0.2) is 0 Å². The number of aromatic carboxylic acids is 1. The first-order chi connectivity index (χ1) is 13.0. The van der Waals surface area contributed by atoms with E-state index in [-0.39, 0.29) is 11.7 Å². The van der Waals surface area contributed by atoms with Gasteiger partial charge in [-0.05, 0) is 76.6 Å². The van der Waals surface area contributed by atoms with Crippen LogP contribution in [0.1, 0.15) is 95.2 Å². The highest BCUT2D eigenvalue weighted by Crippen LogP contribution is 2.27. The lowest BCUT2D eigenvalue weighted by Crippen LogP contribution is -2.24. The summed E-state index contributed by atoms with van der Waals surface area (Å²) in [5, 5.41) is 9.37. The van der Waals surface area contributed by atoms with Crippen LogP contribution < -0.4 is 0 Å². The second-order valence-corrected chi connectivity index (χ2v) is 8.40. The summed E-state index contributed by atoms with van der Waals surface area (Å²) in [7, 11) is 0. The predicted molar refractivity (Wildman–Crippen MR) is 109 cm³/mol. The molecule has 0 bridgehead atoms. The maximum absolute atomic E-state index is 12.6. The molecule has 0 spiro atoms. The average Bonchev–Trinajstić information content (AvgIpc) is 3.03. The molecule has 2 aromatic heterocycles. The van der Waals surface area contributed by atoms with Crippen LogP contribution in [0.4, 0.5) is 0 Å². The van der Waals surface area contributed by atoms with Crippen molar-refractivity contribution in [3.05, 3.63) is 45.0 Å². The predicted octanol–water partition coefficient (Wildman–Crippen LogP) is 4.85. The summed E-state index contributed by atoms with van der Waals surface area (Å²) in [4.78, 5) is 30.4. The van der Waals surface area contributed by atoms with E-state index >= 15 is 0 Å². The highest BCUT2D eigenvalue weighted by Gasteiger charge is 2.25. The molecule has 0 saturated heterocycles. The van der Waals surface area contributed by atoms with Gasteiger partial charge >= 0.3 is 11.9 Å². The van der Waals surface area contributed by atoms with E-state index < -0.39 is 11.6 Å². The SMILES string of the molecule is CCCCc1c(Cc2[nH]c(C(=O)O)c(C)c2C)[nH]c(C(=O)OC(C)(C)C)c1C. The van der Waals surface area contributed by atoms with E-state index in [0.717, 1.165) is 52.9 Å². The van der Waals surface area contributed by atoms with E-state index in [4.69, 9.17) is 4.74 Å². The maximum atomic E-state index is 12.6. The second-order valence-electron chi connectivity index (χ2n) is 8.40. The highest BCUT2D eigenvalue weighted by molar-refractivity contribution is 5.90. The van der Waals surface area contributed by atoms with Gasteiger partial charge in [0.1, 0.15) is 17.0 Å². The number of ether oxygens (including phenoxy) is 1. The molecule has 0 saturated carbocycles. The smallest absolute Gasteiger partial charge is 0.355 e. The van der Waals surface area contributed by atoms with Gasteiger partial charge in [0, 0.05) is 17.8 Å². The van der Waals surface area contributed by atoms with E-state index in [9.17, 15) is 14.7 Å². The molecule has 154 valence electrons. The van der Waals surface area contributed by atoms with Crippen molar-refractivity contribution in [2.24, 2.45) is 0 Å². The normalized spacial score (nSPS) is 11.7. The van der Waals surface area contributed by atoms with Crippen LogP contribution in [0.5, 0.6) is 0 Å². The largest absolute Gasteiger partial charge is 0.477 e. The summed E-state index contributed by atoms with van der Waals surface area (Å²) in [6, 6.07) is 0. The Labute approximate surface area is 166 Å². The molecular formula is C22H32N2O4. The Hall–Kier alpha value is -2.50. The molecule has 0 amide bonds. The van der Waals surface area contributed by atoms with Crippen molar-refractivity contribution in [2.45, 2.75) is 79.8 Å². The van der Waals surface area contributed by atoms with Gasteiger partial charge in [-0.15, -0.1) is 0 Å². The van der Waals surface area contributed by atoms with Crippen molar-refractivity contribution in [1.82, 2.24) is 9.97 Å². The first-order valence-corrected chi connectivity index (χ1v) is 9.81. The Morgan fingerprint density at radius 2 is 1.57 bits per heavy atom. The summed E-state index contributed by atoms with van der Waals surface area (Å²) >= 11 is 0. The van der Waals surface area contributed by atoms with Gasteiger partial charge in [0.05, 0.1) is 0 Å². The second kappa shape index (κ2) is 8.25. The van der Waals surface area contributed by atoms with Gasteiger partial charge in [-0.1, -0.05) is 13.3 Å².